The molecule has 1 saturated heterocycles. The lowest BCUT2D eigenvalue weighted by molar-refractivity contribution is -0.161. The van der Waals surface area contributed by atoms with Crippen molar-refractivity contribution < 1.29 is 19.5 Å². The molecule has 1 fully saturated rings. The quantitative estimate of drug-likeness (QED) is 0.378. The summed E-state index contributed by atoms with van der Waals surface area (Å²) in [5.74, 6) is -0.587. The highest BCUT2D eigenvalue weighted by Gasteiger charge is 2.30. The molecule has 1 unspecified atom stereocenters. The summed E-state index contributed by atoms with van der Waals surface area (Å²) in [5, 5.41) is 11.3. The zero-order valence-corrected chi connectivity index (χ0v) is 5.90. The number of nitrogens with one attached hydrogen (secondary N) is 1. The third-order valence-corrected chi connectivity index (χ3v) is 1.29. The number of hydrogen-bond acceptors (Lipinski definition) is 4. The van der Waals surface area contributed by atoms with Crippen molar-refractivity contribution in [2.45, 2.75) is 6.04 Å². The van der Waals surface area contributed by atoms with Gasteiger partial charge in [-0.15, -0.1) is 0 Å². The van der Waals surface area contributed by atoms with E-state index >= 15 is 0 Å². The van der Waals surface area contributed by atoms with Crippen molar-refractivity contribution in [1.82, 2.24) is 10.4 Å². The van der Waals surface area contributed by atoms with E-state index in [4.69, 9.17) is 5.21 Å². The van der Waals surface area contributed by atoms with Crippen LogP contribution in [0, 0.1) is 0 Å². The Kier molecular flexibility index (Phi) is 1.95. The van der Waals surface area contributed by atoms with Crippen molar-refractivity contribution in [2.24, 2.45) is 0 Å². The van der Waals surface area contributed by atoms with E-state index in [2.05, 4.69) is 10.1 Å². The van der Waals surface area contributed by atoms with Gasteiger partial charge in [0, 0.05) is 7.05 Å². The largest absolute Gasteiger partial charge is 0.447 e. The molecule has 1 aliphatic heterocycles. The Morgan fingerprint density at radius 3 is 2.91 bits per heavy atom. The third kappa shape index (κ3) is 1.58. The van der Waals surface area contributed by atoms with E-state index in [1.807, 2.05) is 0 Å². The van der Waals surface area contributed by atoms with Gasteiger partial charge < -0.3 is 10.1 Å². The van der Waals surface area contributed by atoms with Gasteiger partial charge in [-0.3, -0.25) is 10.0 Å². The van der Waals surface area contributed by atoms with Crippen LogP contribution < -0.4 is 5.32 Å². The van der Waals surface area contributed by atoms with Crippen LogP contribution in [0.15, 0.2) is 0 Å². The molecule has 2 N–H and O–H groups in total. The first-order valence-corrected chi connectivity index (χ1v) is 3.01. The van der Waals surface area contributed by atoms with E-state index < -0.39 is 18.0 Å². The fourth-order valence-corrected chi connectivity index (χ4v) is 0.743. The molecule has 11 heavy (non-hydrogen) atoms. The van der Waals surface area contributed by atoms with E-state index in [-0.39, 0.29) is 6.61 Å². The average molecular weight is 160 g/mol. The molecular weight excluding hydrogens is 152 g/mol. The summed E-state index contributed by atoms with van der Waals surface area (Å²) in [6.45, 7) is -0.0252. The smallest absolute Gasteiger partial charge is 0.407 e. The Morgan fingerprint density at radius 1 is 1.91 bits per heavy atom. The van der Waals surface area contributed by atoms with Crippen molar-refractivity contribution in [3.8, 4) is 0 Å². The monoisotopic (exact) mass is 160 g/mol. The molecule has 1 aliphatic rings. The van der Waals surface area contributed by atoms with Crippen LogP contribution in [-0.2, 0) is 9.53 Å². The Bertz CT molecular complexity index is 191. The van der Waals surface area contributed by atoms with Gasteiger partial charge in [0.2, 0.25) is 0 Å². The molecular formula is C5H8N2O4. The molecule has 0 aromatic rings. The van der Waals surface area contributed by atoms with Crippen molar-refractivity contribution in [2.75, 3.05) is 13.7 Å². The maximum absolute atomic E-state index is 10.9. The molecule has 0 bridgehead atoms. The maximum Gasteiger partial charge on any atom is 0.407 e. The van der Waals surface area contributed by atoms with Crippen LogP contribution in [0.25, 0.3) is 0 Å². The predicted molar refractivity (Wildman–Crippen MR) is 32.8 cm³/mol. The first kappa shape index (κ1) is 7.80. The van der Waals surface area contributed by atoms with E-state index in [1.165, 1.54) is 7.05 Å². The Balaban J connectivity index is 2.50. The summed E-state index contributed by atoms with van der Waals surface area (Å²) in [4.78, 5) is 21.3. The van der Waals surface area contributed by atoms with E-state index in [0.717, 1.165) is 0 Å². The highest BCUT2D eigenvalue weighted by atomic mass is 16.6. The molecule has 6 heteroatoms. The number of amides is 2. The number of cyclic esters (lactones) is 1. The van der Waals surface area contributed by atoms with Crippen molar-refractivity contribution in [3.63, 3.8) is 0 Å². The minimum atomic E-state index is -0.752. The normalized spacial score (nSPS) is 22.4. The number of alkyl carbamates (subject to hydrolysis) is 1. The number of rotatable bonds is 1. The van der Waals surface area contributed by atoms with Gasteiger partial charge >= 0.3 is 6.09 Å². The van der Waals surface area contributed by atoms with Gasteiger partial charge in [0.1, 0.15) is 12.6 Å². The van der Waals surface area contributed by atoms with Crippen LogP contribution in [0.5, 0.6) is 0 Å². The lowest BCUT2D eigenvalue weighted by Crippen LogP contribution is -2.42. The molecule has 1 rings (SSSR count). The summed E-state index contributed by atoms with van der Waals surface area (Å²) in [7, 11) is 1.19. The Hall–Kier alpha value is -1.30. The van der Waals surface area contributed by atoms with Crippen LogP contribution >= 0.6 is 0 Å². The number of ether oxygens (including phenoxy) is 1. The summed E-state index contributed by atoms with van der Waals surface area (Å²) in [5.41, 5.74) is 0. The number of nitrogens with zero attached hydrogens (tertiary/aromatic N) is 1. The summed E-state index contributed by atoms with van der Waals surface area (Å²) < 4.78 is 4.43. The topological polar surface area (TPSA) is 78.9 Å². The molecule has 0 saturated carbocycles. The van der Waals surface area contributed by atoms with Gasteiger partial charge in [-0.1, -0.05) is 0 Å². The van der Waals surface area contributed by atoms with Gasteiger partial charge in [-0.05, 0) is 0 Å². The average Bonchev–Trinajstić information content (AvgIpc) is 2.34. The minimum absolute atomic E-state index is 0.0252. The van der Waals surface area contributed by atoms with Crippen molar-refractivity contribution in [1.29, 1.82) is 0 Å². The van der Waals surface area contributed by atoms with Crippen LogP contribution in [0.1, 0.15) is 0 Å². The molecule has 0 aliphatic carbocycles. The van der Waals surface area contributed by atoms with Crippen LogP contribution in [0.4, 0.5) is 4.79 Å². The van der Waals surface area contributed by atoms with Gasteiger partial charge in [0.25, 0.3) is 5.91 Å². The third-order valence-electron chi connectivity index (χ3n) is 1.29. The number of carbonyl (C=O) groups excluding carboxylic acids is 2. The predicted octanol–water partition coefficient (Wildman–Crippen LogP) is -1.06. The highest BCUT2D eigenvalue weighted by molar-refractivity contribution is 5.86. The summed E-state index contributed by atoms with van der Waals surface area (Å²) in [6.07, 6.45) is -0.634. The first-order chi connectivity index (χ1) is 5.11. The fourth-order valence-electron chi connectivity index (χ4n) is 0.743. The first-order valence-electron chi connectivity index (χ1n) is 3.01. The lowest BCUT2D eigenvalue weighted by Gasteiger charge is -2.11. The molecule has 6 nitrogen and oxygen atoms in total. The maximum atomic E-state index is 10.9. The van der Waals surface area contributed by atoms with Crippen LogP contribution in [0.3, 0.4) is 0 Å². The lowest BCUT2D eigenvalue weighted by atomic mass is 10.3. The van der Waals surface area contributed by atoms with Gasteiger partial charge in [0.15, 0.2) is 0 Å². The summed E-state index contributed by atoms with van der Waals surface area (Å²) in [6, 6.07) is -0.752. The number of likely N-dealkylation sites (N-methyl/N-ethyl adjacent to an activating group) is 1. The second kappa shape index (κ2) is 2.75. The number of hydrogen-bond donors (Lipinski definition) is 2. The van der Waals surface area contributed by atoms with Gasteiger partial charge in [0.05, 0.1) is 0 Å². The highest BCUT2D eigenvalue weighted by Crippen LogP contribution is 1.99. The molecule has 0 radical (unpaired) electrons. The molecule has 1 heterocycles. The molecule has 0 spiro atoms. The van der Waals surface area contributed by atoms with Crippen molar-refractivity contribution in [3.05, 3.63) is 0 Å². The minimum Gasteiger partial charge on any atom is -0.447 e. The Labute approximate surface area is 62.7 Å². The number of hydroxylamine groups is 2. The zero-order valence-electron chi connectivity index (χ0n) is 5.90. The molecule has 0 aromatic heterocycles. The molecule has 62 valence electrons. The summed E-state index contributed by atoms with van der Waals surface area (Å²) >= 11 is 0. The van der Waals surface area contributed by atoms with Crippen LogP contribution in [-0.4, -0.2) is 42.0 Å². The van der Waals surface area contributed by atoms with Gasteiger partial charge in [-0.2, -0.15) is 0 Å². The van der Waals surface area contributed by atoms with E-state index in [0.29, 0.717) is 5.06 Å². The zero-order chi connectivity index (χ0) is 8.43. The number of carbonyl (C=O) groups is 2. The SMILES string of the molecule is CN(O)C(=O)C1COC(=O)N1. The second-order valence-electron chi connectivity index (χ2n) is 2.16. The molecule has 0 aromatic carbocycles. The van der Waals surface area contributed by atoms with Gasteiger partial charge in [-0.25, -0.2) is 9.86 Å². The Morgan fingerprint density at radius 2 is 2.55 bits per heavy atom. The van der Waals surface area contributed by atoms with Crippen LogP contribution in [0.2, 0.25) is 0 Å². The second-order valence-corrected chi connectivity index (χ2v) is 2.16. The molecule has 1 atom stereocenters. The van der Waals surface area contributed by atoms with Crippen molar-refractivity contribution >= 4 is 12.0 Å². The van der Waals surface area contributed by atoms with E-state index in [1.54, 1.807) is 0 Å². The standard InChI is InChI=1S/C5H8N2O4/c1-7(10)4(8)3-2-11-5(9)6-3/h3,10H,2H2,1H3,(H,6,9). The fraction of sp³-hybridized carbons (Fsp3) is 0.600. The van der Waals surface area contributed by atoms with E-state index in [9.17, 15) is 9.59 Å². The molecule has 2 amide bonds.